The van der Waals surface area contributed by atoms with Crippen molar-refractivity contribution >= 4 is 35.1 Å². The number of rotatable bonds is 7. The number of nitrogens with one attached hydrogen (secondary N) is 2. The van der Waals surface area contributed by atoms with E-state index in [0.717, 1.165) is 0 Å². The lowest BCUT2D eigenvalue weighted by Crippen LogP contribution is -2.32. The Morgan fingerprint density at radius 2 is 1.92 bits per heavy atom. The molecule has 0 fully saturated rings. The molecule has 25 heavy (non-hydrogen) atoms. The van der Waals surface area contributed by atoms with Crippen LogP contribution in [0.15, 0.2) is 47.1 Å². The highest BCUT2D eigenvalue weighted by Crippen LogP contribution is 2.14. The van der Waals surface area contributed by atoms with Crippen molar-refractivity contribution in [3.63, 3.8) is 0 Å². The van der Waals surface area contributed by atoms with Crippen LogP contribution < -0.4 is 10.6 Å². The van der Waals surface area contributed by atoms with Crippen LogP contribution in [0.4, 0.5) is 5.69 Å². The largest absolute Gasteiger partial charge is 0.459 e. The van der Waals surface area contributed by atoms with Crippen LogP contribution in [-0.2, 0) is 14.3 Å². The third kappa shape index (κ3) is 5.96. The van der Waals surface area contributed by atoms with Crippen molar-refractivity contribution in [3.05, 3.63) is 53.4 Å². The van der Waals surface area contributed by atoms with Gasteiger partial charge in [0, 0.05) is 17.3 Å². The van der Waals surface area contributed by atoms with Crippen LogP contribution in [0.25, 0.3) is 0 Å². The van der Waals surface area contributed by atoms with Crippen LogP contribution in [-0.4, -0.2) is 30.4 Å². The molecule has 2 aromatic rings. The fourth-order valence-electron chi connectivity index (χ4n) is 1.86. The molecule has 0 radical (unpaired) electrons. The maximum Gasteiger partial charge on any atom is 0.308 e. The Morgan fingerprint density at radius 1 is 1.20 bits per heavy atom. The minimum Gasteiger partial charge on any atom is -0.459 e. The number of hydrogen-bond donors (Lipinski definition) is 2. The third-order valence-corrected chi connectivity index (χ3v) is 3.40. The van der Waals surface area contributed by atoms with Crippen LogP contribution in [0, 0.1) is 0 Å². The Labute approximate surface area is 149 Å². The number of anilines is 1. The molecule has 2 rings (SSSR count). The molecule has 2 N–H and O–H groups in total. The quantitative estimate of drug-likeness (QED) is 0.736. The lowest BCUT2D eigenvalue weighted by atomic mass is 10.3. The maximum absolute atomic E-state index is 12.0. The molecule has 0 aliphatic carbocycles. The lowest BCUT2D eigenvalue weighted by Gasteiger charge is -2.13. The van der Waals surface area contributed by atoms with Gasteiger partial charge in [-0.05, 0) is 43.3 Å². The number of esters is 1. The van der Waals surface area contributed by atoms with Crippen molar-refractivity contribution in [1.82, 2.24) is 5.32 Å². The Morgan fingerprint density at radius 3 is 2.56 bits per heavy atom. The Kier molecular flexibility index (Phi) is 6.59. The lowest BCUT2D eigenvalue weighted by molar-refractivity contribution is -0.153. The minimum absolute atomic E-state index is 0.0645. The third-order valence-electron chi connectivity index (χ3n) is 3.15. The van der Waals surface area contributed by atoms with Crippen molar-refractivity contribution in [2.75, 3.05) is 11.9 Å². The molecule has 1 heterocycles. The molecule has 0 saturated heterocycles. The number of ether oxygens (including phenoxy) is 1. The van der Waals surface area contributed by atoms with Crippen molar-refractivity contribution in [2.24, 2.45) is 0 Å². The van der Waals surface area contributed by atoms with Gasteiger partial charge in [0.2, 0.25) is 0 Å². The van der Waals surface area contributed by atoms with E-state index in [-0.39, 0.29) is 18.7 Å². The van der Waals surface area contributed by atoms with Gasteiger partial charge >= 0.3 is 5.97 Å². The summed E-state index contributed by atoms with van der Waals surface area (Å²) in [6.07, 6.45) is 0.346. The highest BCUT2D eigenvalue weighted by Gasteiger charge is 2.18. The van der Waals surface area contributed by atoms with E-state index in [4.69, 9.17) is 20.8 Å². The van der Waals surface area contributed by atoms with Crippen LogP contribution in [0.1, 0.15) is 23.9 Å². The molecular formula is C17H17ClN2O5. The number of benzene rings is 1. The molecule has 7 nitrogen and oxygen atoms in total. The summed E-state index contributed by atoms with van der Waals surface area (Å²) >= 11 is 5.77. The van der Waals surface area contributed by atoms with Gasteiger partial charge in [-0.25, -0.2) is 0 Å². The fourth-order valence-corrected chi connectivity index (χ4v) is 1.99. The van der Waals surface area contributed by atoms with Gasteiger partial charge in [-0.2, -0.15) is 0 Å². The Hall–Kier alpha value is -2.80. The first-order chi connectivity index (χ1) is 12.0. The standard InChI is InChI=1S/C17H17ClN2O5/c1-11(16(22)20-13-6-4-12(18)5-7-13)25-15(21)8-9-19-17(23)14-3-2-10-24-14/h2-7,10-11H,8-9H2,1H3,(H,19,23)(H,20,22)/t11-/m0/s1. The van der Waals surface area contributed by atoms with Crippen LogP contribution in [0.3, 0.4) is 0 Å². The molecule has 1 atom stereocenters. The summed E-state index contributed by atoms with van der Waals surface area (Å²) in [5, 5.41) is 5.68. The minimum atomic E-state index is -0.969. The summed E-state index contributed by atoms with van der Waals surface area (Å²) in [6.45, 7) is 1.54. The second-order valence-corrected chi connectivity index (χ2v) is 5.55. The van der Waals surface area contributed by atoms with Gasteiger partial charge in [0.05, 0.1) is 12.7 Å². The zero-order valence-electron chi connectivity index (χ0n) is 13.5. The van der Waals surface area contributed by atoms with E-state index in [0.29, 0.717) is 10.7 Å². The molecule has 1 aromatic heterocycles. The summed E-state index contributed by atoms with van der Waals surface area (Å²) in [5.74, 6) is -1.33. The molecule has 0 unspecified atom stereocenters. The molecular weight excluding hydrogens is 348 g/mol. The summed E-state index contributed by atoms with van der Waals surface area (Å²) < 4.78 is 9.95. The molecule has 0 aliphatic heterocycles. The summed E-state index contributed by atoms with van der Waals surface area (Å²) in [5.41, 5.74) is 0.544. The molecule has 132 valence electrons. The van der Waals surface area contributed by atoms with Crippen molar-refractivity contribution in [1.29, 1.82) is 0 Å². The van der Waals surface area contributed by atoms with Gasteiger partial charge < -0.3 is 19.8 Å². The maximum atomic E-state index is 12.0. The van der Waals surface area contributed by atoms with E-state index < -0.39 is 23.9 Å². The smallest absolute Gasteiger partial charge is 0.308 e. The van der Waals surface area contributed by atoms with Crippen LogP contribution in [0.5, 0.6) is 0 Å². The number of hydrogen-bond acceptors (Lipinski definition) is 5. The average Bonchev–Trinajstić information content (AvgIpc) is 3.11. The van der Waals surface area contributed by atoms with E-state index in [1.165, 1.54) is 19.3 Å². The van der Waals surface area contributed by atoms with Crippen molar-refractivity contribution in [3.8, 4) is 0 Å². The number of amides is 2. The van der Waals surface area contributed by atoms with Gasteiger partial charge in [0.25, 0.3) is 11.8 Å². The Balaban J connectivity index is 1.71. The predicted octanol–water partition coefficient (Wildman–Crippen LogP) is 2.62. The predicted molar refractivity (Wildman–Crippen MR) is 91.3 cm³/mol. The van der Waals surface area contributed by atoms with Crippen molar-refractivity contribution in [2.45, 2.75) is 19.4 Å². The van der Waals surface area contributed by atoms with E-state index in [9.17, 15) is 14.4 Å². The zero-order valence-corrected chi connectivity index (χ0v) is 14.2. The highest BCUT2D eigenvalue weighted by molar-refractivity contribution is 6.30. The van der Waals surface area contributed by atoms with Crippen molar-refractivity contribution < 1.29 is 23.5 Å². The zero-order chi connectivity index (χ0) is 18.2. The number of halogens is 1. The summed E-state index contributed by atoms with van der Waals surface area (Å²) in [6, 6.07) is 9.64. The number of carbonyl (C=O) groups excluding carboxylic acids is 3. The SMILES string of the molecule is C[C@H](OC(=O)CCNC(=O)c1ccco1)C(=O)Nc1ccc(Cl)cc1. The number of carbonyl (C=O) groups is 3. The first kappa shape index (κ1) is 18.5. The fraction of sp³-hybridized carbons (Fsp3) is 0.235. The molecule has 0 spiro atoms. The summed E-state index contributed by atoms with van der Waals surface area (Å²) in [7, 11) is 0. The van der Waals surface area contributed by atoms with Gasteiger partial charge in [-0.3, -0.25) is 14.4 Å². The second kappa shape index (κ2) is 8.89. The highest BCUT2D eigenvalue weighted by atomic mass is 35.5. The monoisotopic (exact) mass is 364 g/mol. The van der Waals surface area contributed by atoms with Gasteiger partial charge in [0.1, 0.15) is 0 Å². The van der Waals surface area contributed by atoms with E-state index in [1.54, 1.807) is 30.3 Å². The van der Waals surface area contributed by atoms with E-state index in [1.807, 2.05) is 0 Å². The second-order valence-electron chi connectivity index (χ2n) is 5.11. The topological polar surface area (TPSA) is 97.6 Å². The Bertz CT molecular complexity index is 728. The van der Waals surface area contributed by atoms with Gasteiger partial charge in [-0.1, -0.05) is 11.6 Å². The van der Waals surface area contributed by atoms with E-state index in [2.05, 4.69) is 10.6 Å². The molecule has 2 amide bonds. The van der Waals surface area contributed by atoms with E-state index >= 15 is 0 Å². The number of furan rings is 1. The average molecular weight is 365 g/mol. The van der Waals surface area contributed by atoms with Gasteiger partial charge in [-0.15, -0.1) is 0 Å². The normalized spacial score (nSPS) is 11.4. The van der Waals surface area contributed by atoms with Gasteiger partial charge in [0.15, 0.2) is 11.9 Å². The molecule has 0 saturated carbocycles. The molecule has 0 aliphatic rings. The molecule has 1 aromatic carbocycles. The first-order valence-electron chi connectivity index (χ1n) is 7.53. The molecule has 8 heteroatoms. The summed E-state index contributed by atoms with van der Waals surface area (Å²) in [4.78, 5) is 35.3. The van der Waals surface area contributed by atoms with Crippen LogP contribution in [0.2, 0.25) is 5.02 Å². The van der Waals surface area contributed by atoms with Crippen LogP contribution >= 0.6 is 11.6 Å². The first-order valence-corrected chi connectivity index (χ1v) is 7.91. The molecule has 0 bridgehead atoms.